The number of methoxy groups -OCH3 is 1. The van der Waals surface area contributed by atoms with E-state index < -0.39 is 0 Å². The van der Waals surface area contributed by atoms with Crippen LogP contribution in [0.2, 0.25) is 5.02 Å². The Morgan fingerprint density at radius 3 is 2.78 bits per heavy atom. The zero-order chi connectivity index (χ0) is 13.1. The van der Waals surface area contributed by atoms with E-state index in [2.05, 4.69) is 4.98 Å². The molecule has 2 aromatic rings. The van der Waals surface area contributed by atoms with Crippen LogP contribution in [0.3, 0.4) is 0 Å². The summed E-state index contributed by atoms with van der Waals surface area (Å²) in [6.45, 7) is 0. The highest BCUT2D eigenvalue weighted by molar-refractivity contribution is 6.31. The van der Waals surface area contributed by atoms with Crippen LogP contribution in [0.5, 0.6) is 5.75 Å². The topological polar surface area (TPSA) is 65.2 Å². The lowest BCUT2D eigenvalue weighted by Crippen LogP contribution is -2.06. The minimum absolute atomic E-state index is 0.212. The average molecular weight is 263 g/mol. The summed E-state index contributed by atoms with van der Waals surface area (Å²) >= 11 is 5.79. The molecule has 0 atom stereocenters. The number of carbonyl (C=O) groups is 1. The summed E-state index contributed by atoms with van der Waals surface area (Å²) in [6.07, 6.45) is 3.00. The van der Waals surface area contributed by atoms with E-state index in [4.69, 9.17) is 22.1 Å². The van der Waals surface area contributed by atoms with Gasteiger partial charge in [-0.1, -0.05) is 11.6 Å². The van der Waals surface area contributed by atoms with E-state index in [1.165, 1.54) is 19.5 Å². The van der Waals surface area contributed by atoms with Gasteiger partial charge in [-0.3, -0.25) is 9.78 Å². The number of carbonyl (C=O) groups excluding carboxylic acids is 1. The molecule has 0 aliphatic rings. The lowest BCUT2D eigenvalue weighted by Gasteiger charge is -2.06. The molecule has 0 fully saturated rings. The third-order valence-corrected chi connectivity index (χ3v) is 2.70. The Labute approximate surface area is 109 Å². The van der Waals surface area contributed by atoms with Crippen molar-refractivity contribution in [1.82, 2.24) is 4.98 Å². The van der Waals surface area contributed by atoms with Crippen LogP contribution in [0.25, 0.3) is 0 Å². The number of ether oxygens (including phenoxy) is 1. The number of pyridine rings is 1. The minimum Gasteiger partial charge on any atom is -0.495 e. The van der Waals surface area contributed by atoms with Gasteiger partial charge in [0.25, 0.3) is 0 Å². The molecule has 1 aromatic carbocycles. The number of hydrogen-bond donors (Lipinski definition) is 1. The molecule has 0 bridgehead atoms. The standard InChI is InChI=1S/C13H11ClN2O2/c1-18-10-4-8(6-16-7-10)13(17)11-3-2-9(14)5-12(11)15/h2-7H,15H2,1H3. The van der Waals surface area contributed by atoms with Crippen LogP contribution in [0.15, 0.2) is 36.7 Å². The quantitative estimate of drug-likeness (QED) is 0.682. The predicted octanol–water partition coefficient (Wildman–Crippen LogP) is 2.56. The fourth-order valence-corrected chi connectivity index (χ4v) is 1.73. The van der Waals surface area contributed by atoms with Crippen LogP contribution >= 0.6 is 11.6 Å². The van der Waals surface area contributed by atoms with Gasteiger partial charge < -0.3 is 10.5 Å². The van der Waals surface area contributed by atoms with Gasteiger partial charge in [0.1, 0.15) is 5.75 Å². The second-order valence-corrected chi connectivity index (χ2v) is 4.11. The molecule has 0 unspecified atom stereocenters. The van der Waals surface area contributed by atoms with Crippen molar-refractivity contribution >= 4 is 23.1 Å². The van der Waals surface area contributed by atoms with Gasteiger partial charge in [0.05, 0.1) is 13.3 Å². The zero-order valence-corrected chi connectivity index (χ0v) is 10.4. The van der Waals surface area contributed by atoms with Crippen molar-refractivity contribution in [2.45, 2.75) is 0 Å². The summed E-state index contributed by atoms with van der Waals surface area (Å²) in [6, 6.07) is 6.38. The normalized spacial score (nSPS) is 10.1. The smallest absolute Gasteiger partial charge is 0.196 e. The third kappa shape index (κ3) is 2.43. The molecular weight excluding hydrogens is 252 g/mol. The van der Waals surface area contributed by atoms with E-state index in [-0.39, 0.29) is 5.78 Å². The van der Waals surface area contributed by atoms with E-state index in [0.29, 0.717) is 27.6 Å². The molecule has 0 saturated heterocycles. The Balaban J connectivity index is 2.41. The largest absolute Gasteiger partial charge is 0.495 e. The van der Waals surface area contributed by atoms with Crippen molar-refractivity contribution in [1.29, 1.82) is 0 Å². The highest BCUT2D eigenvalue weighted by atomic mass is 35.5. The summed E-state index contributed by atoms with van der Waals surface area (Å²) in [5, 5.41) is 0.493. The summed E-state index contributed by atoms with van der Waals surface area (Å²) in [5.41, 5.74) is 6.93. The first kappa shape index (κ1) is 12.4. The molecule has 0 aliphatic heterocycles. The van der Waals surface area contributed by atoms with Crippen molar-refractivity contribution in [3.05, 3.63) is 52.8 Å². The van der Waals surface area contributed by atoms with Crippen molar-refractivity contribution in [2.75, 3.05) is 12.8 Å². The van der Waals surface area contributed by atoms with E-state index in [0.717, 1.165) is 0 Å². The van der Waals surface area contributed by atoms with Crippen molar-refractivity contribution < 1.29 is 9.53 Å². The number of anilines is 1. The molecule has 0 radical (unpaired) electrons. The Bertz CT molecular complexity index is 599. The number of halogens is 1. The summed E-state index contributed by atoms with van der Waals surface area (Å²) in [4.78, 5) is 16.2. The Morgan fingerprint density at radius 2 is 2.11 bits per heavy atom. The van der Waals surface area contributed by atoms with E-state index in [1.807, 2.05) is 0 Å². The maximum atomic E-state index is 12.2. The predicted molar refractivity (Wildman–Crippen MR) is 70.1 cm³/mol. The molecule has 0 saturated carbocycles. The van der Waals surface area contributed by atoms with Crippen molar-refractivity contribution in [3.8, 4) is 5.75 Å². The van der Waals surface area contributed by atoms with Gasteiger partial charge in [-0.2, -0.15) is 0 Å². The molecule has 0 aliphatic carbocycles. The van der Waals surface area contributed by atoms with Gasteiger partial charge >= 0.3 is 0 Å². The summed E-state index contributed by atoms with van der Waals surface area (Å²) in [7, 11) is 1.52. The Hall–Kier alpha value is -2.07. The minimum atomic E-state index is -0.212. The van der Waals surface area contributed by atoms with Crippen LogP contribution in [0.4, 0.5) is 5.69 Å². The summed E-state index contributed by atoms with van der Waals surface area (Å²) in [5.74, 6) is 0.309. The van der Waals surface area contributed by atoms with E-state index in [9.17, 15) is 4.79 Å². The lowest BCUT2D eigenvalue weighted by molar-refractivity contribution is 0.103. The molecule has 18 heavy (non-hydrogen) atoms. The Morgan fingerprint density at radius 1 is 1.33 bits per heavy atom. The highest BCUT2D eigenvalue weighted by Crippen LogP contribution is 2.22. The maximum Gasteiger partial charge on any atom is 0.196 e. The number of aromatic nitrogens is 1. The summed E-state index contributed by atoms with van der Waals surface area (Å²) < 4.78 is 5.02. The molecule has 92 valence electrons. The highest BCUT2D eigenvalue weighted by Gasteiger charge is 2.13. The van der Waals surface area contributed by atoms with Crippen LogP contribution in [0, 0.1) is 0 Å². The molecule has 5 heteroatoms. The first-order valence-corrected chi connectivity index (χ1v) is 5.58. The maximum absolute atomic E-state index is 12.2. The van der Waals surface area contributed by atoms with Gasteiger partial charge in [-0.15, -0.1) is 0 Å². The fraction of sp³-hybridized carbons (Fsp3) is 0.0769. The molecule has 0 amide bonds. The lowest BCUT2D eigenvalue weighted by atomic mass is 10.0. The second-order valence-electron chi connectivity index (χ2n) is 3.67. The second kappa shape index (κ2) is 5.06. The molecule has 1 heterocycles. The number of nitrogens with zero attached hydrogens (tertiary/aromatic N) is 1. The SMILES string of the molecule is COc1cncc(C(=O)c2ccc(Cl)cc2N)c1. The van der Waals surface area contributed by atoms with Crippen molar-refractivity contribution in [3.63, 3.8) is 0 Å². The van der Waals surface area contributed by atoms with E-state index >= 15 is 0 Å². The zero-order valence-electron chi connectivity index (χ0n) is 9.68. The Kier molecular flexibility index (Phi) is 3.48. The average Bonchev–Trinajstić information content (AvgIpc) is 2.38. The first-order chi connectivity index (χ1) is 8.61. The van der Waals surface area contributed by atoms with Gasteiger partial charge in [0.2, 0.25) is 0 Å². The fourth-order valence-electron chi connectivity index (χ4n) is 1.55. The van der Waals surface area contributed by atoms with Crippen LogP contribution in [0.1, 0.15) is 15.9 Å². The van der Waals surface area contributed by atoms with Gasteiger partial charge in [-0.05, 0) is 24.3 Å². The van der Waals surface area contributed by atoms with Gasteiger partial charge in [0, 0.05) is 28.0 Å². The van der Waals surface area contributed by atoms with Crippen LogP contribution in [-0.2, 0) is 0 Å². The van der Waals surface area contributed by atoms with Gasteiger partial charge in [-0.25, -0.2) is 0 Å². The number of nitrogens with two attached hydrogens (primary N) is 1. The van der Waals surface area contributed by atoms with E-state index in [1.54, 1.807) is 24.3 Å². The monoisotopic (exact) mass is 262 g/mol. The first-order valence-electron chi connectivity index (χ1n) is 5.20. The number of rotatable bonds is 3. The number of nitrogen functional groups attached to an aromatic ring is 1. The van der Waals surface area contributed by atoms with Crippen LogP contribution < -0.4 is 10.5 Å². The molecular formula is C13H11ClN2O2. The molecule has 1 aromatic heterocycles. The molecule has 4 nitrogen and oxygen atoms in total. The number of benzene rings is 1. The van der Waals surface area contributed by atoms with Crippen molar-refractivity contribution in [2.24, 2.45) is 0 Å². The number of ketones is 1. The third-order valence-electron chi connectivity index (χ3n) is 2.47. The molecule has 2 N–H and O–H groups in total. The molecule has 2 rings (SSSR count). The van der Waals surface area contributed by atoms with Crippen LogP contribution in [-0.4, -0.2) is 17.9 Å². The van der Waals surface area contributed by atoms with Gasteiger partial charge in [0.15, 0.2) is 5.78 Å². The molecule has 0 spiro atoms. The number of hydrogen-bond acceptors (Lipinski definition) is 4.